The summed E-state index contributed by atoms with van der Waals surface area (Å²) < 4.78 is 5.90. The van der Waals surface area contributed by atoms with Crippen LogP contribution in [0.4, 0.5) is 0 Å². The second-order valence-corrected chi connectivity index (χ2v) is 6.48. The van der Waals surface area contributed by atoms with Crippen LogP contribution in [0.25, 0.3) is 0 Å². The molecular weight excluding hydrogens is 224 g/mol. The molecule has 1 spiro atoms. The first kappa shape index (κ1) is 14.3. The normalized spacial score (nSPS) is 31.2. The van der Waals surface area contributed by atoms with E-state index in [2.05, 4.69) is 38.2 Å². The molecule has 1 N–H and O–H groups in total. The molecule has 18 heavy (non-hydrogen) atoms. The number of nitrogens with zero attached hydrogens (tertiary/aromatic N) is 1. The maximum atomic E-state index is 5.90. The number of ether oxygens (including phenoxy) is 1. The highest BCUT2D eigenvalue weighted by molar-refractivity contribution is 5.12. The highest BCUT2D eigenvalue weighted by Crippen LogP contribution is 2.57. The van der Waals surface area contributed by atoms with E-state index in [1.165, 1.54) is 38.6 Å². The molecule has 2 aliphatic rings. The summed E-state index contributed by atoms with van der Waals surface area (Å²) in [5.74, 6) is 0. The summed E-state index contributed by atoms with van der Waals surface area (Å²) >= 11 is 0. The molecule has 3 nitrogen and oxygen atoms in total. The van der Waals surface area contributed by atoms with Crippen LogP contribution in [0.2, 0.25) is 0 Å². The number of hydrogen-bond acceptors (Lipinski definition) is 3. The largest absolute Gasteiger partial charge is 0.378 e. The molecule has 2 aliphatic carbocycles. The van der Waals surface area contributed by atoms with Gasteiger partial charge in [0, 0.05) is 24.1 Å². The molecule has 0 heterocycles. The van der Waals surface area contributed by atoms with E-state index < -0.39 is 0 Å². The van der Waals surface area contributed by atoms with Crippen molar-refractivity contribution in [2.75, 3.05) is 27.2 Å². The third-order valence-corrected chi connectivity index (χ3v) is 4.93. The SMILES string of the molecule is CCOC1CC(NC(C)CCN(C)C)C12CCC2. The van der Waals surface area contributed by atoms with E-state index >= 15 is 0 Å². The maximum absolute atomic E-state index is 5.90. The van der Waals surface area contributed by atoms with Crippen molar-refractivity contribution in [1.82, 2.24) is 10.2 Å². The fraction of sp³-hybridized carbons (Fsp3) is 1.00. The highest BCUT2D eigenvalue weighted by Gasteiger charge is 2.58. The summed E-state index contributed by atoms with van der Waals surface area (Å²) in [5.41, 5.74) is 0.502. The molecule has 106 valence electrons. The smallest absolute Gasteiger partial charge is 0.0661 e. The molecule has 0 aliphatic heterocycles. The van der Waals surface area contributed by atoms with Crippen molar-refractivity contribution < 1.29 is 4.74 Å². The van der Waals surface area contributed by atoms with Gasteiger partial charge in [0.2, 0.25) is 0 Å². The van der Waals surface area contributed by atoms with E-state index in [1.54, 1.807) is 0 Å². The van der Waals surface area contributed by atoms with Crippen LogP contribution >= 0.6 is 0 Å². The van der Waals surface area contributed by atoms with Crippen LogP contribution in [0.1, 0.15) is 46.0 Å². The Bertz CT molecular complexity index is 263. The standard InChI is InChI=1S/C15H30N2O/c1-5-18-14-11-13(15(14)8-6-9-15)16-12(2)7-10-17(3)4/h12-14,16H,5-11H2,1-4H3. The average molecular weight is 254 g/mol. The van der Waals surface area contributed by atoms with Gasteiger partial charge in [-0.25, -0.2) is 0 Å². The Kier molecular flexibility index (Phi) is 4.68. The van der Waals surface area contributed by atoms with Gasteiger partial charge >= 0.3 is 0 Å². The molecule has 2 rings (SSSR count). The van der Waals surface area contributed by atoms with Gasteiger partial charge in [0.15, 0.2) is 0 Å². The first-order valence-corrected chi connectivity index (χ1v) is 7.61. The van der Waals surface area contributed by atoms with E-state index in [1.807, 2.05) is 0 Å². The summed E-state index contributed by atoms with van der Waals surface area (Å²) in [7, 11) is 4.29. The Balaban J connectivity index is 1.77. The Morgan fingerprint density at radius 3 is 2.61 bits per heavy atom. The summed E-state index contributed by atoms with van der Waals surface area (Å²) in [5, 5.41) is 3.85. The van der Waals surface area contributed by atoms with Gasteiger partial charge in [-0.15, -0.1) is 0 Å². The molecule has 2 saturated carbocycles. The Hall–Kier alpha value is -0.120. The van der Waals surface area contributed by atoms with Gasteiger partial charge in [-0.3, -0.25) is 0 Å². The lowest BCUT2D eigenvalue weighted by Gasteiger charge is -2.61. The van der Waals surface area contributed by atoms with Gasteiger partial charge in [0.1, 0.15) is 0 Å². The predicted molar refractivity (Wildman–Crippen MR) is 75.9 cm³/mol. The summed E-state index contributed by atoms with van der Waals surface area (Å²) in [6, 6.07) is 1.33. The molecule has 3 heteroatoms. The minimum Gasteiger partial charge on any atom is -0.378 e. The maximum Gasteiger partial charge on any atom is 0.0661 e. The fourth-order valence-electron chi connectivity index (χ4n) is 3.55. The lowest BCUT2D eigenvalue weighted by atomic mass is 9.51. The van der Waals surface area contributed by atoms with Crippen LogP contribution in [-0.4, -0.2) is 50.3 Å². The molecule has 0 aromatic rings. The van der Waals surface area contributed by atoms with Crippen molar-refractivity contribution in [1.29, 1.82) is 0 Å². The second-order valence-electron chi connectivity index (χ2n) is 6.48. The zero-order valence-corrected chi connectivity index (χ0v) is 12.5. The van der Waals surface area contributed by atoms with Crippen molar-refractivity contribution >= 4 is 0 Å². The third kappa shape index (κ3) is 2.73. The Morgan fingerprint density at radius 1 is 1.39 bits per heavy atom. The summed E-state index contributed by atoms with van der Waals surface area (Å²) in [6.45, 7) is 6.48. The van der Waals surface area contributed by atoms with E-state index in [0.29, 0.717) is 23.6 Å². The lowest BCUT2D eigenvalue weighted by Crippen LogP contribution is -2.68. The zero-order valence-electron chi connectivity index (χ0n) is 12.5. The van der Waals surface area contributed by atoms with Crippen molar-refractivity contribution in [2.24, 2.45) is 5.41 Å². The Morgan fingerprint density at radius 2 is 2.11 bits per heavy atom. The Labute approximate surface area is 112 Å². The van der Waals surface area contributed by atoms with Gasteiger partial charge in [-0.1, -0.05) is 6.42 Å². The molecule has 0 amide bonds. The highest BCUT2D eigenvalue weighted by atomic mass is 16.5. The molecule has 3 unspecified atom stereocenters. The molecule has 0 radical (unpaired) electrons. The molecular formula is C15H30N2O. The van der Waals surface area contributed by atoms with Crippen molar-refractivity contribution in [3.63, 3.8) is 0 Å². The van der Waals surface area contributed by atoms with Gasteiger partial charge in [0.25, 0.3) is 0 Å². The van der Waals surface area contributed by atoms with Gasteiger partial charge in [-0.05, 0) is 60.2 Å². The molecule has 3 atom stereocenters. The molecule has 0 bridgehead atoms. The van der Waals surface area contributed by atoms with Crippen molar-refractivity contribution in [2.45, 2.75) is 64.1 Å². The topological polar surface area (TPSA) is 24.5 Å². The lowest BCUT2D eigenvalue weighted by molar-refractivity contribution is -0.174. The van der Waals surface area contributed by atoms with Crippen LogP contribution in [0, 0.1) is 5.41 Å². The second kappa shape index (κ2) is 5.89. The van der Waals surface area contributed by atoms with Crippen LogP contribution < -0.4 is 5.32 Å². The summed E-state index contributed by atoms with van der Waals surface area (Å²) in [6.07, 6.45) is 7.13. The zero-order chi connectivity index (χ0) is 13.2. The van der Waals surface area contributed by atoms with Gasteiger partial charge < -0.3 is 15.0 Å². The first-order valence-electron chi connectivity index (χ1n) is 7.61. The van der Waals surface area contributed by atoms with Gasteiger partial charge in [-0.2, -0.15) is 0 Å². The van der Waals surface area contributed by atoms with E-state index in [0.717, 1.165) is 6.61 Å². The van der Waals surface area contributed by atoms with Crippen LogP contribution in [-0.2, 0) is 4.74 Å². The van der Waals surface area contributed by atoms with E-state index in [4.69, 9.17) is 4.74 Å². The predicted octanol–water partition coefficient (Wildman–Crippen LogP) is 2.26. The minimum atomic E-state index is 0.502. The van der Waals surface area contributed by atoms with E-state index in [-0.39, 0.29) is 0 Å². The fourth-order valence-corrected chi connectivity index (χ4v) is 3.55. The first-order chi connectivity index (χ1) is 8.58. The van der Waals surface area contributed by atoms with Crippen molar-refractivity contribution in [3.05, 3.63) is 0 Å². The number of rotatable bonds is 7. The monoisotopic (exact) mass is 254 g/mol. The molecule has 2 fully saturated rings. The molecule has 0 aromatic heterocycles. The quantitative estimate of drug-likeness (QED) is 0.754. The van der Waals surface area contributed by atoms with Crippen LogP contribution in [0.15, 0.2) is 0 Å². The third-order valence-electron chi connectivity index (χ3n) is 4.93. The van der Waals surface area contributed by atoms with E-state index in [9.17, 15) is 0 Å². The van der Waals surface area contributed by atoms with Crippen LogP contribution in [0.3, 0.4) is 0 Å². The minimum absolute atomic E-state index is 0.502. The van der Waals surface area contributed by atoms with Crippen LogP contribution in [0.5, 0.6) is 0 Å². The molecule has 0 saturated heterocycles. The summed E-state index contributed by atoms with van der Waals surface area (Å²) in [4.78, 5) is 2.26. The number of hydrogen-bond donors (Lipinski definition) is 1. The average Bonchev–Trinajstić information content (AvgIpc) is 2.22. The molecule has 0 aromatic carbocycles. The van der Waals surface area contributed by atoms with Crippen molar-refractivity contribution in [3.8, 4) is 0 Å². The number of nitrogens with one attached hydrogen (secondary N) is 1. The van der Waals surface area contributed by atoms with Gasteiger partial charge in [0.05, 0.1) is 6.10 Å².